The fourth-order valence-corrected chi connectivity index (χ4v) is 3.78. The first kappa shape index (κ1) is 16.6. The highest BCUT2D eigenvalue weighted by Crippen LogP contribution is 2.45. The van der Waals surface area contributed by atoms with Gasteiger partial charge in [-0.05, 0) is 24.1 Å². The second-order valence-electron chi connectivity index (χ2n) is 6.87. The van der Waals surface area contributed by atoms with Gasteiger partial charge in [-0.1, -0.05) is 19.1 Å². The zero-order chi connectivity index (χ0) is 17.3. The number of nitrogens with zero attached hydrogens (tertiary/aromatic N) is 2. The molecule has 3 rings (SSSR count). The molecule has 2 unspecified atom stereocenters. The summed E-state index contributed by atoms with van der Waals surface area (Å²) in [6, 6.07) is 7.78. The molecule has 128 valence electrons. The van der Waals surface area contributed by atoms with Gasteiger partial charge in [0.2, 0.25) is 5.91 Å². The van der Waals surface area contributed by atoms with Gasteiger partial charge in [0.05, 0.1) is 7.11 Å². The number of likely N-dealkylation sites (tertiary alicyclic amines) is 1. The summed E-state index contributed by atoms with van der Waals surface area (Å²) in [4.78, 5) is 14.5. The first-order valence-corrected chi connectivity index (χ1v) is 8.38. The molecule has 1 aromatic rings. The fourth-order valence-electron chi connectivity index (χ4n) is 3.78. The molecule has 0 bridgehead atoms. The first-order valence-electron chi connectivity index (χ1n) is 8.38. The van der Waals surface area contributed by atoms with E-state index in [0.29, 0.717) is 18.3 Å². The number of amides is 1. The average molecular weight is 328 g/mol. The summed E-state index contributed by atoms with van der Waals surface area (Å²) in [6.07, 6.45) is 2.62. The Bertz CT molecular complexity index is 627. The van der Waals surface area contributed by atoms with E-state index < -0.39 is 0 Å². The molecule has 0 aromatic heterocycles. The van der Waals surface area contributed by atoms with Gasteiger partial charge in [-0.15, -0.1) is 0 Å². The molecule has 1 saturated carbocycles. The van der Waals surface area contributed by atoms with Crippen LogP contribution in [0, 0.1) is 29.2 Å². The van der Waals surface area contributed by atoms with Crippen LogP contribution in [0.3, 0.4) is 0 Å². The van der Waals surface area contributed by atoms with Gasteiger partial charge >= 0.3 is 0 Å². The lowest BCUT2D eigenvalue weighted by atomic mass is 9.95. The van der Waals surface area contributed by atoms with E-state index in [1.807, 2.05) is 42.3 Å². The largest absolute Gasteiger partial charge is 0.497 e. The maximum Gasteiger partial charge on any atom is 0.225 e. The topological polar surface area (TPSA) is 91.4 Å². The number of benzene rings is 1. The van der Waals surface area contributed by atoms with Crippen LogP contribution in [0.5, 0.6) is 5.75 Å². The van der Waals surface area contributed by atoms with Crippen molar-refractivity contribution in [1.29, 1.82) is 5.26 Å². The number of carbonyl (C=O) groups excluding carboxylic acids is 1. The normalized spacial score (nSPS) is 26.9. The number of hydrogen-bond acceptors (Lipinski definition) is 5. The number of nitriles is 1. The molecule has 0 radical (unpaired) electrons. The van der Waals surface area contributed by atoms with Crippen LogP contribution in [0.15, 0.2) is 24.3 Å². The lowest BCUT2D eigenvalue weighted by molar-refractivity contribution is -0.134. The minimum absolute atomic E-state index is 0.109. The quantitative estimate of drug-likeness (QED) is 0.606. The Kier molecular flexibility index (Phi) is 4.63. The molecule has 3 N–H and O–H groups in total. The third-order valence-corrected chi connectivity index (χ3v) is 5.31. The van der Waals surface area contributed by atoms with E-state index in [-0.39, 0.29) is 23.9 Å². The van der Waals surface area contributed by atoms with Gasteiger partial charge in [-0.25, -0.2) is 0 Å². The lowest BCUT2D eigenvalue weighted by Crippen LogP contribution is -2.38. The van der Waals surface area contributed by atoms with Crippen LogP contribution in [-0.4, -0.2) is 37.0 Å². The summed E-state index contributed by atoms with van der Waals surface area (Å²) in [7, 11) is 1.63. The Morgan fingerprint density at radius 2 is 2.04 bits per heavy atom. The van der Waals surface area contributed by atoms with Gasteiger partial charge in [-0.3, -0.25) is 4.79 Å². The van der Waals surface area contributed by atoms with E-state index in [1.54, 1.807) is 7.11 Å². The van der Waals surface area contributed by atoms with E-state index in [9.17, 15) is 4.79 Å². The maximum absolute atomic E-state index is 12.6. The monoisotopic (exact) mass is 328 g/mol. The molecule has 6 nitrogen and oxygen atoms in total. The molecule has 1 heterocycles. The van der Waals surface area contributed by atoms with Crippen molar-refractivity contribution in [2.24, 2.45) is 23.5 Å². The number of carbonyl (C=O) groups is 1. The number of hydrogen-bond donors (Lipinski definition) is 2. The molecule has 1 aromatic carbocycles. The van der Waals surface area contributed by atoms with Crippen molar-refractivity contribution in [2.45, 2.75) is 25.4 Å². The van der Waals surface area contributed by atoms with Crippen molar-refractivity contribution in [3.63, 3.8) is 0 Å². The van der Waals surface area contributed by atoms with Crippen molar-refractivity contribution in [1.82, 2.24) is 10.2 Å². The molecule has 6 heteroatoms. The van der Waals surface area contributed by atoms with Crippen molar-refractivity contribution >= 4 is 5.91 Å². The molecule has 0 spiro atoms. The second-order valence-corrected chi connectivity index (χ2v) is 6.87. The van der Waals surface area contributed by atoms with Crippen LogP contribution in [0.4, 0.5) is 0 Å². The summed E-state index contributed by atoms with van der Waals surface area (Å²) in [6.45, 7) is 3.45. The predicted molar refractivity (Wildman–Crippen MR) is 89.8 cm³/mol. The second kappa shape index (κ2) is 6.70. The highest BCUT2D eigenvalue weighted by molar-refractivity contribution is 5.79. The Labute approximate surface area is 142 Å². The van der Waals surface area contributed by atoms with Gasteiger partial charge in [0.25, 0.3) is 0 Å². The molecule has 5 atom stereocenters. The van der Waals surface area contributed by atoms with E-state index in [4.69, 9.17) is 15.7 Å². The van der Waals surface area contributed by atoms with Crippen LogP contribution < -0.4 is 15.8 Å². The highest BCUT2D eigenvalue weighted by Gasteiger charge is 2.57. The molecular weight excluding hydrogens is 304 g/mol. The van der Waals surface area contributed by atoms with Crippen LogP contribution in [0.1, 0.15) is 24.9 Å². The number of rotatable bonds is 6. The van der Waals surface area contributed by atoms with Crippen molar-refractivity contribution in [3.05, 3.63) is 29.8 Å². The number of piperidine rings is 1. The molecule has 1 saturated heterocycles. The van der Waals surface area contributed by atoms with Crippen LogP contribution in [-0.2, 0) is 4.79 Å². The van der Waals surface area contributed by atoms with Gasteiger partial charge in [0, 0.05) is 42.9 Å². The summed E-state index contributed by atoms with van der Waals surface area (Å²) in [5.41, 5.74) is 7.28. The summed E-state index contributed by atoms with van der Waals surface area (Å²) in [5, 5.41) is 11.5. The minimum atomic E-state index is -0.167. The standard InChI is InChI=1S/C18H24N4O2/c1-11(7-16(20)12-3-5-13(24-2)6-4-12)18(23)22-8-14-15(9-22)17(14)21-10-19/h3-6,11,14-17,21H,7-9,20H2,1-2H3/t11?,14-,15+,16?,17+. The Balaban J connectivity index is 1.50. The maximum atomic E-state index is 12.6. The van der Waals surface area contributed by atoms with E-state index in [0.717, 1.165) is 24.4 Å². The molecular formula is C18H24N4O2. The molecule has 1 aliphatic heterocycles. The van der Waals surface area contributed by atoms with E-state index in [2.05, 4.69) is 5.32 Å². The zero-order valence-electron chi connectivity index (χ0n) is 14.1. The number of fused-ring (bicyclic) bond motifs is 1. The number of ether oxygens (including phenoxy) is 1. The van der Waals surface area contributed by atoms with E-state index >= 15 is 0 Å². The Hall–Kier alpha value is -2.26. The van der Waals surface area contributed by atoms with Gasteiger partial charge in [-0.2, -0.15) is 5.26 Å². The summed E-state index contributed by atoms with van der Waals surface area (Å²) >= 11 is 0. The zero-order valence-corrected chi connectivity index (χ0v) is 14.1. The van der Waals surface area contributed by atoms with Gasteiger partial charge in [0.15, 0.2) is 6.19 Å². The van der Waals surface area contributed by atoms with Crippen molar-refractivity contribution in [3.8, 4) is 11.9 Å². The van der Waals surface area contributed by atoms with Crippen LogP contribution >= 0.6 is 0 Å². The lowest BCUT2D eigenvalue weighted by Gasteiger charge is -2.25. The van der Waals surface area contributed by atoms with Crippen molar-refractivity contribution < 1.29 is 9.53 Å². The SMILES string of the molecule is COc1ccc(C(N)CC(C)C(=O)N2C[C@@H]3[C@H](C2)[C@H]3NC#N)cc1. The third kappa shape index (κ3) is 3.17. The van der Waals surface area contributed by atoms with Gasteiger partial charge in [0.1, 0.15) is 5.75 Å². The number of methoxy groups -OCH3 is 1. The smallest absolute Gasteiger partial charge is 0.225 e. The fraction of sp³-hybridized carbons (Fsp3) is 0.556. The van der Waals surface area contributed by atoms with Crippen molar-refractivity contribution in [2.75, 3.05) is 20.2 Å². The number of nitrogens with two attached hydrogens (primary N) is 1. The Morgan fingerprint density at radius 3 is 2.58 bits per heavy atom. The minimum Gasteiger partial charge on any atom is -0.497 e. The van der Waals surface area contributed by atoms with Crippen LogP contribution in [0.2, 0.25) is 0 Å². The summed E-state index contributed by atoms with van der Waals surface area (Å²) < 4.78 is 5.15. The first-order chi connectivity index (χ1) is 11.5. The molecule has 1 aliphatic carbocycles. The predicted octanol–water partition coefficient (Wildman–Crippen LogP) is 1.25. The molecule has 1 amide bonds. The molecule has 24 heavy (non-hydrogen) atoms. The summed E-state index contributed by atoms with van der Waals surface area (Å²) in [5.74, 6) is 1.74. The highest BCUT2D eigenvalue weighted by atomic mass is 16.5. The number of nitrogens with one attached hydrogen (secondary N) is 1. The van der Waals surface area contributed by atoms with E-state index in [1.165, 1.54) is 0 Å². The third-order valence-electron chi connectivity index (χ3n) is 5.31. The Morgan fingerprint density at radius 1 is 1.42 bits per heavy atom. The molecule has 2 aliphatic rings. The van der Waals surface area contributed by atoms with Gasteiger partial charge < -0.3 is 20.7 Å². The van der Waals surface area contributed by atoms with Crippen LogP contribution in [0.25, 0.3) is 0 Å². The molecule has 2 fully saturated rings. The average Bonchev–Trinajstić information content (AvgIpc) is 3.04.